The third-order valence-electron chi connectivity index (χ3n) is 5.31. The minimum Gasteiger partial charge on any atom is -0.496 e. The Morgan fingerprint density at radius 2 is 1.69 bits per heavy atom. The topological polar surface area (TPSA) is 81.1 Å². The molecule has 1 amide bonds. The molecule has 0 aliphatic carbocycles. The number of benzene rings is 2. The molecule has 0 N–H and O–H groups in total. The van der Waals surface area contributed by atoms with Crippen molar-refractivity contribution in [1.29, 1.82) is 0 Å². The molecule has 3 aromatic rings. The van der Waals surface area contributed by atoms with Crippen molar-refractivity contribution in [1.82, 2.24) is 9.88 Å². The van der Waals surface area contributed by atoms with Gasteiger partial charge in [0.1, 0.15) is 5.75 Å². The lowest BCUT2D eigenvalue weighted by Gasteiger charge is -2.14. The first-order valence-corrected chi connectivity index (χ1v) is 10.1. The van der Waals surface area contributed by atoms with Gasteiger partial charge in [0, 0.05) is 42.5 Å². The number of rotatable bonds is 5. The lowest BCUT2D eigenvalue weighted by atomic mass is 9.96. The van der Waals surface area contributed by atoms with Crippen LogP contribution in [0, 0.1) is 0 Å². The number of hydrogen-bond acceptors (Lipinski definition) is 6. The molecule has 32 heavy (non-hydrogen) atoms. The highest BCUT2D eigenvalue weighted by molar-refractivity contribution is 6.16. The summed E-state index contributed by atoms with van der Waals surface area (Å²) in [6, 6.07) is 14.7. The van der Waals surface area contributed by atoms with E-state index in [1.165, 1.54) is 12.0 Å². The molecule has 7 heteroatoms. The van der Waals surface area contributed by atoms with E-state index in [1.54, 1.807) is 45.6 Å². The van der Waals surface area contributed by atoms with Crippen LogP contribution in [-0.2, 0) is 11.3 Å². The Morgan fingerprint density at radius 3 is 2.41 bits per heavy atom. The van der Waals surface area contributed by atoms with Crippen molar-refractivity contribution in [2.24, 2.45) is 4.99 Å². The van der Waals surface area contributed by atoms with Gasteiger partial charge in [0.25, 0.3) is 5.91 Å². The van der Waals surface area contributed by atoms with E-state index in [0.717, 1.165) is 33.8 Å². The average molecular weight is 429 g/mol. The van der Waals surface area contributed by atoms with Gasteiger partial charge in [-0.05, 0) is 42.0 Å². The van der Waals surface area contributed by atoms with Crippen LogP contribution >= 0.6 is 0 Å². The zero-order chi connectivity index (χ0) is 22.8. The van der Waals surface area contributed by atoms with Crippen LogP contribution in [0.15, 0.2) is 59.7 Å². The SMILES string of the molecule is COC(=O)c1cc(C(=O)N(C)C)cc(-c2cnc3c(c2)C(c2ccccc2OC)=NC3)c1. The molecule has 1 aromatic heterocycles. The first kappa shape index (κ1) is 21.2. The van der Waals surface area contributed by atoms with E-state index in [1.807, 2.05) is 30.3 Å². The molecule has 1 aliphatic rings. The minimum absolute atomic E-state index is 0.206. The van der Waals surface area contributed by atoms with Gasteiger partial charge in [-0.3, -0.25) is 14.8 Å². The Labute approximate surface area is 186 Å². The number of hydrogen-bond donors (Lipinski definition) is 0. The molecule has 0 radical (unpaired) electrons. The number of fused-ring (bicyclic) bond motifs is 1. The van der Waals surface area contributed by atoms with E-state index in [0.29, 0.717) is 23.2 Å². The molecule has 0 spiro atoms. The van der Waals surface area contributed by atoms with Crippen LogP contribution in [0.4, 0.5) is 0 Å². The number of ether oxygens (including phenoxy) is 2. The quantitative estimate of drug-likeness (QED) is 0.579. The first-order chi connectivity index (χ1) is 15.4. The van der Waals surface area contributed by atoms with Gasteiger partial charge in [-0.1, -0.05) is 12.1 Å². The van der Waals surface area contributed by atoms with Crippen molar-refractivity contribution in [2.75, 3.05) is 28.3 Å². The zero-order valence-corrected chi connectivity index (χ0v) is 18.4. The molecule has 4 rings (SSSR count). The summed E-state index contributed by atoms with van der Waals surface area (Å²) >= 11 is 0. The molecule has 0 unspecified atom stereocenters. The van der Waals surface area contributed by atoms with E-state index in [-0.39, 0.29) is 5.91 Å². The highest BCUT2D eigenvalue weighted by atomic mass is 16.5. The van der Waals surface area contributed by atoms with Crippen LogP contribution in [0.5, 0.6) is 5.75 Å². The van der Waals surface area contributed by atoms with Gasteiger partial charge < -0.3 is 14.4 Å². The molecule has 0 atom stereocenters. The Morgan fingerprint density at radius 1 is 0.938 bits per heavy atom. The Balaban J connectivity index is 1.83. The van der Waals surface area contributed by atoms with E-state index in [9.17, 15) is 9.59 Å². The largest absolute Gasteiger partial charge is 0.496 e. The lowest BCUT2D eigenvalue weighted by Crippen LogP contribution is -2.22. The maximum atomic E-state index is 12.6. The van der Waals surface area contributed by atoms with Crippen molar-refractivity contribution in [2.45, 2.75) is 6.54 Å². The summed E-state index contributed by atoms with van der Waals surface area (Å²) in [5, 5.41) is 0. The molecule has 0 fully saturated rings. The van der Waals surface area contributed by atoms with E-state index in [4.69, 9.17) is 9.47 Å². The second kappa shape index (κ2) is 8.63. The zero-order valence-electron chi connectivity index (χ0n) is 18.4. The second-order valence-electron chi connectivity index (χ2n) is 7.57. The highest BCUT2D eigenvalue weighted by Crippen LogP contribution is 2.31. The fourth-order valence-electron chi connectivity index (χ4n) is 3.70. The number of methoxy groups -OCH3 is 2. The number of carbonyl (C=O) groups excluding carboxylic acids is 2. The predicted molar refractivity (Wildman–Crippen MR) is 121 cm³/mol. The van der Waals surface area contributed by atoms with Crippen LogP contribution in [-0.4, -0.2) is 55.8 Å². The van der Waals surface area contributed by atoms with Crippen LogP contribution in [0.3, 0.4) is 0 Å². The van der Waals surface area contributed by atoms with Crippen molar-refractivity contribution in [3.8, 4) is 16.9 Å². The summed E-state index contributed by atoms with van der Waals surface area (Å²) < 4.78 is 10.4. The van der Waals surface area contributed by atoms with Crippen molar-refractivity contribution in [3.05, 3.63) is 82.7 Å². The molecule has 162 valence electrons. The van der Waals surface area contributed by atoms with Gasteiger partial charge in [0.15, 0.2) is 0 Å². The Hall–Kier alpha value is -4.00. The fourth-order valence-corrected chi connectivity index (χ4v) is 3.70. The summed E-state index contributed by atoms with van der Waals surface area (Å²) in [7, 11) is 6.28. The Bertz CT molecular complexity index is 1250. The number of para-hydroxylation sites is 1. The maximum absolute atomic E-state index is 12.6. The summed E-state index contributed by atoms with van der Waals surface area (Å²) in [6.07, 6.45) is 1.74. The van der Waals surface area contributed by atoms with Crippen LogP contribution in [0.2, 0.25) is 0 Å². The van der Waals surface area contributed by atoms with E-state index < -0.39 is 5.97 Å². The minimum atomic E-state index is -0.509. The third kappa shape index (κ3) is 3.85. The third-order valence-corrected chi connectivity index (χ3v) is 5.31. The molecule has 1 aliphatic heterocycles. The van der Waals surface area contributed by atoms with Crippen LogP contribution < -0.4 is 4.74 Å². The molecule has 0 saturated heterocycles. The molecule has 2 heterocycles. The van der Waals surface area contributed by atoms with Gasteiger partial charge in [0.05, 0.1) is 37.7 Å². The van der Waals surface area contributed by atoms with Crippen molar-refractivity contribution < 1.29 is 19.1 Å². The number of nitrogens with zero attached hydrogens (tertiary/aromatic N) is 3. The van der Waals surface area contributed by atoms with E-state index >= 15 is 0 Å². The number of carbonyl (C=O) groups is 2. The summed E-state index contributed by atoms with van der Waals surface area (Å²) in [5.74, 6) is 0.0171. The number of aliphatic imine (C=N–C) groups is 1. The number of pyridine rings is 1. The smallest absolute Gasteiger partial charge is 0.337 e. The molecule has 0 bridgehead atoms. The van der Waals surface area contributed by atoms with Crippen molar-refractivity contribution in [3.63, 3.8) is 0 Å². The predicted octanol–water partition coefficient (Wildman–Crippen LogP) is 3.60. The Kier molecular flexibility index (Phi) is 5.73. The molecule has 2 aromatic carbocycles. The van der Waals surface area contributed by atoms with E-state index in [2.05, 4.69) is 9.98 Å². The van der Waals surface area contributed by atoms with Gasteiger partial charge in [-0.15, -0.1) is 0 Å². The molecule has 0 saturated carbocycles. The average Bonchev–Trinajstić information content (AvgIpc) is 3.25. The summed E-state index contributed by atoms with van der Waals surface area (Å²) in [5.41, 5.74) is 5.62. The highest BCUT2D eigenvalue weighted by Gasteiger charge is 2.23. The van der Waals surface area contributed by atoms with Crippen LogP contribution in [0.25, 0.3) is 11.1 Å². The molecule has 7 nitrogen and oxygen atoms in total. The monoisotopic (exact) mass is 429 g/mol. The maximum Gasteiger partial charge on any atom is 0.337 e. The van der Waals surface area contributed by atoms with Crippen molar-refractivity contribution >= 4 is 17.6 Å². The fraction of sp³-hybridized carbons (Fsp3) is 0.200. The number of aromatic nitrogens is 1. The normalized spacial score (nSPS) is 12.1. The standard InChI is InChI=1S/C25H23N3O4/c1-28(2)24(29)16-9-15(10-17(11-16)25(30)32-4)18-12-20-21(26-13-18)14-27-23(20)19-7-5-6-8-22(19)31-3/h5-13H,14H2,1-4H3. The molecular weight excluding hydrogens is 406 g/mol. The van der Waals surface area contributed by atoms with Gasteiger partial charge in [-0.25, -0.2) is 4.79 Å². The lowest BCUT2D eigenvalue weighted by molar-refractivity contribution is 0.0600. The van der Waals surface area contributed by atoms with Gasteiger partial charge in [0.2, 0.25) is 0 Å². The first-order valence-electron chi connectivity index (χ1n) is 10.1. The van der Waals surface area contributed by atoms with Gasteiger partial charge >= 0.3 is 5.97 Å². The summed E-state index contributed by atoms with van der Waals surface area (Å²) in [6.45, 7) is 0.482. The molecular formula is C25H23N3O4. The summed E-state index contributed by atoms with van der Waals surface area (Å²) in [4.78, 5) is 35.6. The van der Waals surface area contributed by atoms with Crippen LogP contribution in [0.1, 0.15) is 37.5 Å². The second-order valence-corrected chi connectivity index (χ2v) is 7.57. The van der Waals surface area contributed by atoms with Gasteiger partial charge in [-0.2, -0.15) is 0 Å². The number of esters is 1. The number of amides is 1.